The van der Waals surface area contributed by atoms with Gasteiger partial charge in [-0.3, -0.25) is 13.7 Å². The molecule has 2 atom stereocenters. The smallest absolute Gasteiger partial charge is 0.333 e. The number of nitrogens with two attached hydrogens (primary N) is 1. The lowest BCUT2D eigenvalue weighted by atomic mass is 10.1. The second-order valence-electron chi connectivity index (χ2n) is 8.05. The highest BCUT2D eigenvalue weighted by molar-refractivity contribution is 7.84. The largest absolute Gasteiger partial charge is 0.367 e. The molecular weight excluding hydrogens is 470 g/mol. The van der Waals surface area contributed by atoms with E-state index < -0.39 is 27.7 Å². The maximum absolute atomic E-state index is 13.9. The Balaban J connectivity index is 1.43. The van der Waals surface area contributed by atoms with E-state index in [1.807, 2.05) is 0 Å². The van der Waals surface area contributed by atoms with Crippen molar-refractivity contribution < 1.29 is 26.2 Å². The summed E-state index contributed by atoms with van der Waals surface area (Å²) in [6, 6.07) is 4.72. The molecule has 1 aromatic carbocycles. The summed E-state index contributed by atoms with van der Waals surface area (Å²) in [6.45, 7) is 0.0263. The first-order chi connectivity index (χ1) is 16.2. The van der Waals surface area contributed by atoms with Crippen molar-refractivity contribution in [3.05, 3.63) is 71.4 Å². The fourth-order valence-corrected chi connectivity index (χ4v) is 4.27. The number of nitrogens with zero attached hydrogens (tertiary/aromatic N) is 4. The van der Waals surface area contributed by atoms with Crippen LogP contribution in [0.15, 0.2) is 43.0 Å². The highest BCUT2D eigenvalue weighted by Crippen LogP contribution is 2.29. The highest BCUT2D eigenvalue weighted by atomic mass is 32.2. The Kier molecular flexibility index (Phi) is 6.95. The van der Waals surface area contributed by atoms with Crippen LogP contribution in [-0.4, -0.2) is 46.6 Å². The van der Waals surface area contributed by atoms with Gasteiger partial charge in [-0.2, -0.15) is 13.5 Å². The lowest BCUT2D eigenvalue weighted by Gasteiger charge is -2.15. The van der Waals surface area contributed by atoms with Crippen LogP contribution in [-0.2, 0) is 21.0 Å². The second-order valence-corrected chi connectivity index (χ2v) is 9.27. The summed E-state index contributed by atoms with van der Waals surface area (Å²) in [5.74, 6) is -1.46. The van der Waals surface area contributed by atoms with E-state index in [2.05, 4.69) is 24.6 Å². The third-order valence-electron chi connectivity index (χ3n) is 5.53. The number of hydrogen-bond acceptors (Lipinski definition) is 8. The number of carbonyl (C=O) groups excluding carboxylic acids is 1. The minimum Gasteiger partial charge on any atom is -0.367 e. The number of rotatable bonds is 9. The fourth-order valence-electron chi connectivity index (χ4n) is 3.89. The molecule has 1 aliphatic carbocycles. The minimum absolute atomic E-state index is 0.000584. The van der Waals surface area contributed by atoms with Crippen molar-refractivity contribution in [1.82, 2.24) is 19.7 Å². The second kappa shape index (κ2) is 9.91. The Morgan fingerprint density at radius 2 is 2.09 bits per heavy atom. The van der Waals surface area contributed by atoms with Gasteiger partial charge >= 0.3 is 10.3 Å². The standard InChI is InChI=1S/C21H22F2N6O4S/c22-15-3-2-14(18(23)8-15)10-29-6-5-19(28-29)20(30)17-9-25-12-26-21(17)27-16-4-1-13(7-16)11-33-34(24,31)32/h2-3,5-6,8-9,12-13,16H,1,4,7,10-11H2,(H2,24,31,32)(H,25,26,27). The van der Waals surface area contributed by atoms with Crippen molar-refractivity contribution in [3.63, 3.8) is 0 Å². The molecule has 3 aromatic rings. The Morgan fingerprint density at radius 1 is 1.26 bits per heavy atom. The van der Waals surface area contributed by atoms with Crippen molar-refractivity contribution in [3.8, 4) is 0 Å². The van der Waals surface area contributed by atoms with Crippen LogP contribution in [0.2, 0.25) is 0 Å². The fraction of sp³-hybridized carbons (Fsp3) is 0.333. The molecule has 1 aliphatic rings. The first-order valence-corrected chi connectivity index (χ1v) is 11.9. The molecule has 0 saturated heterocycles. The number of ketones is 1. The van der Waals surface area contributed by atoms with Crippen LogP contribution >= 0.6 is 0 Å². The van der Waals surface area contributed by atoms with Gasteiger partial charge in [0, 0.05) is 30.1 Å². The maximum atomic E-state index is 13.9. The number of benzene rings is 1. The van der Waals surface area contributed by atoms with Crippen molar-refractivity contribution in [2.75, 3.05) is 11.9 Å². The first kappa shape index (κ1) is 23.9. The monoisotopic (exact) mass is 492 g/mol. The Hall–Kier alpha value is -3.29. The van der Waals surface area contributed by atoms with Crippen molar-refractivity contribution in [2.24, 2.45) is 11.1 Å². The summed E-state index contributed by atoms with van der Waals surface area (Å²) < 4.78 is 55.1. The summed E-state index contributed by atoms with van der Waals surface area (Å²) in [5, 5.41) is 12.3. The van der Waals surface area contributed by atoms with Crippen LogP contribution in [0.1, 0.15) is 40.9 Å². The summed E-state index contributed by atoms with van der Waals surface area (Å²) in [5.41, 5.74) is 0.562. The number of nitrogens with one attached hydrogen (secondary N) is 1. The zero-order chi connectivity index (χ0) is 24.3. The summed E-state index contributed by atoms with van der Waals surface area (Å²) in [6.07, 6.45) is 6.30. The average molecular weight is 493 g/mol. The zero-order valence-corrected chi connectivity index (χ0v) is 18.7. The minimum atomic E-state index is -3.99. The molecular formula is C21H22F2N6O4S. The van der Waals surface area contributed by atoms with Crippen LogP contribution in [0.25, 0.3) is 0 Å². The molecule has 180 valence electrons. The number of carbonyl (C=O) groups is 1. The van der Waals surface area contributed by atoms with Gasteiger partial charge in [-0.25, -0.2) is 23.9 Å². The highest BCUT2D eigenvalue weighted by Gasteiger charge is 2.28. The van der Waals surface area contributed by atoms with E-state index in [-0.39, 0.29) is 41.9 Å². The van der Waals surface area contributed by atoms with Gasteiger partial charge in [0.05, 0.1) is 18.7 Å². The third-order valence-corrected chi connectivity index (χ3v) is 5.99. The van der Waals surface area contributed by atoms with E-state index in [4.69, 9.17) is 5.14 Å². The average Bonchev–Trinajstić information content (AvgIpc) is 3.43. The van der Waals surface area contributed by atoms with E-state index in [0.29, 0.717) is 12.2 Å². The van der Waals surface area contributed by atoms with E-state index in [1.165, 1.54) is 35.5 Å². The summed E-state index contributed by atoms with van der Waals surface area (Å²) >= 11 is 0. The zero-order valence-electron chi connectivity index (χ0n) is 17.9. The SMILES string of the molecule is NS(=O)(=O)OCC1CCC(Nc2ncncc2C(=O)c2ccn(Cc3ccc(F)cc3F)n2)C1. The molecule has 2 aromatic heterocycles. The molecule has 34 heavy (non-hydrogen) atoms. The van der Waals surface area contributed by atoms with Gasteiger partial charge in [-0.15, -0.1) is 0 Å². The lowest BCUT2D eigenvalue weighted by molar-refractivity contribution is 0.103. The molecule has 2 heterocycles. The molecule has 10 nitrogen and oxygen atoms in total. The van der Waals surface area contributed by atoms with Crippen molar-refractivity contribution >= 4 is 21.9 Å². The van der Waals surface area contributed by atoms with Crippen LogP contribution in [0.5, 0.6) is 0 Å². The molecule has 13 heteroatoms. The normalized spacial score (nSPS) is 18.2. The first-order valence-electron chi connectivity index (χ1n) is 10.4. The number of hydrogen-bond donors (Lipinski definition) is 2. The van der Waals surface area contributed by atoms with Crippen LogP contribution in [0.3, 0.4) is 0 Å². The van der Waals surface area contributed by atoms with Gasteiger partial charge in [0.15, 0.2) is 0 Å². The quantitative estimate of drug-likeness (QED) is 0.432. The maximum Gasteiger partial charge on any atom is 0.333 e. The van der Waals surface area contributed by atoms with E-state index >= 15 is 0 Å². The Labute approximate surface area is 194 Å². The Bertz CT molecular complexity index is 1300. The van der Waals surface area contributed by atoms with Crippen molar-refractivity contribution in [1.29, 1.82) is 0 Å². The lowest BCUT2D eigenvalue weighted by Crippen LogP contribution is -2.22. The van der Waals surface area contributed by atoms with Gasteiger partial charge in [-0.05, 0) is 37.3 Å². The number of anilines is 1. The topological polar surface area (TPSA) is 142 Å². The molecule has 3 N–H and O–H groups in total. The van der Waals surface area contributed by atoms with Crippen molar-refractivity contribution in [2.45, 2.75) is 31.8 Å². The van der Waals surface area contributed by atoms with Crippen LogP contribution in [0.4, 0.5) is 14.6 Å². The predicted molar refractivity (Wildman–Crippen MR) is 117 cm³/mol. The molecule has 0 aliphatic heterocycles. The molecule has 1 saturated carbocycles. The molecule has 0 radical (unpaired) electrons. The van der Waals surface area contributed by atoms with E-state index in [9.17, 15) is 22.0 Å². The number of aromatic nitrogens is 4. The van der Waals surface area contributed by atoms with Crippen LogP contribution in [0, 0.1) is 17.6 Å². The van der Waals surface area contributed by atoms with Gasteiger partial charge in [0.2, 0.25) is 5.78 Å². The molecule has 4 rings (SSSR count). The molecule has 0 spiro atoms. The summed E-state index contributed by atoms with van der Waals surface area (Å²) in [7, 11) is -3.99. The molecule has 0 amide bonds. The summed E-state index contributed by atoms with van der Waals surface area (Å²) in [4.78, 5) is 21.2. The van der Waals surface area contributed by atoms with Gasteiger partial charge in [0.1, 0.15) is 29.5 Å². The third kappa shape index (κ3) is 5.98. The molecule has 1 fully saturated rings. The molecule has 2 unspecified atom stereocenters. The Morgan fingerprint density at radius 3 is 2.85 bits per heavy atom. The van der Waals surface area contributed by atoms with E-state index in [1.54, 1.807) is 0 Å². The predicted octanol–water partition coefficient (Wildman–Crippen LogP) is 2.03. The van der Waals surface area contributed by atoms with Crippen LogP contribution < -0.4 is 10.5 Å². The van der Waals surface area contributed by atoms with Gasteiger partial charge in [-0.1, -0.05) is 6.07 Å². The van der Waals surface area contributed by atoms with Gasteiger partial charge in [0.25, 0.3) is 0 Å². The number of halogens is 2. The molecule has 0 bridgehead atoms. The van der Waals surface area contributed by atoms with Gasteiger partial charge < -0.3 is 5.32 Å². The van der Waals surface area contributed by atoms with E-state index in [0.717, 1.165) is 25.0 Å².